The van der Waals surface area contributed by atoms with Crippen LogP contribution >= 0.6 is 0 Å². The number of rotatable bonds is 4. The van der Waals surface area contributed by atoms with E-state index < -0.39 is 6.04 Å². The van der Waals surface area contributed by atoms with Crippen LogP contribution in [0.25, 0.3) is 0 Å². The Labute approximate surface area is 67.9 Å². The third-order valence-corrected chi connectivity index (χ3v) is 1.82. The van der Waals surface area contributed by atoms with E-state index in [4.69, 9.17) is 10.5 Å². The Morgan fingerprint density at radius 1 is 1.55 bits per heavy atom. The van der Waals surface area contributed by atoms with E-state index in [0.29, 0.717) is 6.61 Å². The summed E-state index contributed by atoms with van der Waals surface area (Å²) >= 11 is 0. The molecule has 0 aromatic rings. The van der Waals surface area contributed by atoms with Crippen molar-refractivity contribution in [3.63, 3.8) is 0 Å². The number of carbonyl (C=O) groups excluding carboxylic acids is 1. The van der Waals surface area contributed by atoms with Crippen LogP contribution in [0.15, 0.2) is 0 Å². The van der Waals surface area contributed by atoms with E-state index >= 15 is 0 Å². The predicted molar refractivity (Wildman–Crippen MR) is 44.1 cm³/mol. The summed E-state index contributed by atoms with van der Waals surface area (Å²) in [4.78, 5) is 11.0. The fourth-order valence-electron chi connectivity index (χ4n) is 0.725. The number of hydrogen-bond donors (Lipinski definition) is 1. The van der Waals surface area contributed by atoms with Crippen LogP contribution < -0.4 is 5.73 Å². The molecule has 2 atom stereocenters. The second-order valence-electron chi connectivity index (χ2n) is 2.66. The molecule has 0 fully saturated rings. The lowest BCUT2D eigenvalue weighted by Gasteiger charge is -2.15. The van der Waals surface area contributed by atoms with Gasteiger partial charge in [0.05, 0.1) is 6.61 Å². The van der Waals surface area contributed by atoms with Crippen LogP contribution in [0.2, 0.25) is 0 Å². The molecule has 0 heterocycles. The molecule has 3 heteroatoms. The van der Waals surface area contributed by atoms with Gasteiger partial charge in [-0.3, -0.25) is 4.79 Å². The molecule has 0 aromatic heterocycles. The van der Waals surface area contributed by atoms with Gasteiger partial charge < -0.3 is 10.5 Å². The number of hydrogen-bond acceptors (Lipinski definition) is 3. The highest BCUT2D eigenvalue weighted by Crippen LogP contribution is 2.06. The fraction of sp³-hybridized carbons (Fsp3) is 0.875. The van der Waals surface area contributed by atoms with E-state index in [1.807, 2.05) is 13.8 Å². The average molecular weight is 159 g/mol. The lowest BCUT2D eigenvalue weighted by Crippen LogP contribution is -2.37. The minimum Gasteiger partial charge on any atom is -0.465 e. The van der Waals surface area contributed by atoms with Gasteiger partial charge in [-0.15, -0.1) is 0 Å². The predicted octanol–water partition coefficient (Wildman–Crippen LogP) is 0.923. The molecule has 0 unspecified atom stereocenters. The van der Waals surface area contributed by atoms with Crippen LogP contribution in [0.4, 0.5) is 0 Å². The molecule has 11 heavy (non-hydrogen) atoms. The quantitative estimate of drug-likeness (QED) is 0.621. The number of ether oxygens (including phenoxy) is 1. The first-order chi connectivity index (χ1) is 5.13. The molecule has 0 aliphatic heterocycles. The second kappa shape index (κ2) is 5.13. The molecule has 0 radical (unpaired) electrons. The van der Waals surface area contributed by atoms with Gasteiger partial charge in [0, 0.05) is 0 Å². The SMILES string of the molecule is CCOC(=O)[C@H](N)[C@@H](C)CC. The molecule has 66 valence electrons. The molecule has 0 spiro atoms. The van der Waals surface area contributed by atoms with Gasteiger partial charge in [-0.25, -0.2) is 0 Å². The highest BCUT2D eigenvalue weighted by atomic mass is 16.5. The Morgan fingerprint density at radius 2 is 2.09 bits per heavy atom. The first kappa shape index (κ1) is 10.4. The van der Waals surface area contributed by atoms with Crippen LogP contribution in [0, 0.1) is 5.92 Å². The average Bonchev–Trinajstić information content (AvgIpc) is 2.02. The normalized spacial score (nSPS) is 15.6. The van der Waals surface area contributed by atoms with E-state index in [2.05, 4.69) is 0 Å². The van der Waals surface area contributed by atoms with E-state index in [-0.39, 0.29) is 11.9 Å². The summed E-state index contributed by atoms with van der Waals surface area (Å²) in [7, 11) is 0. The van der Waals surface area contributed by atoms with Gasteiger partial charge in [0.1, 0.15) is 6.04 Å². The van der Waals surface area contributed by atoms with Crippen molar-refractivity contribution in [1.82, 2.24) is 0 Å². The molecule has 3 nitrogen and oxygen atoms in total. The Morgan fingerprint density at radius 3 is 2.45 bits per heavy atom. The minimum atomic E-state index is -0.458. The molecule has 0 rings (SSSR count). The smallest absolute Gasteiger partial charge is 0.323 e. The highest BCUT2D eigenvalue weighted by Gasteiger charge is 2.19. The summed E-state index contributed by atoms with van der Waals surface area (Å²) in [6.45, 7) is 6.13. The maximum absolute atomic E-state index is 11.0. The third-order valence-electron chi connectivity index (χ3n) is 1.82. The Hall–Kier alpha value is -0.570. The van der Waals surface area contributed by atoms with Crippen molar-refractivity contribution in [1.29, 1.82) is 0 Å². The van der Waals surface area contributed by atoms with Crippen molar-refractivity contribution in [3.05, 3.63) is 0 Å². The largest absolute Gasteiger partial charge is 0.465 e. The Balaban J connectivity index is 3.80. The molecule has 0 saturated carbocycles. The first-order valence-electron chi connectivity index (χ1n) is 4.05. The summed E-state index contributed by atoms with van der Waals surface area (Å²) in [5.41, 5.74) is 5.58. The van der Waals surface area contributed by atoms with Crippen LogP contribution in [-0.4, -0.2) is 18.6 Å². The minimum absolute atomic E-state index is 0.203. The number of nitrogens with two attached hydrogens (primary N) is 1. The van der Waals surface area contributed by atoms with Crippen LogP contribution in [0.3, 0.4) is 0 Å². The Kier molecular flexibility index (Phi) is 4.86. The molecular formula is C8H17NO2. The van der Waals surface area contributed by atoms with Crippen LogP contribution in [-0.2, 0) is 9.53 Å². The zero-order valence-electron chi connectivity index (χ0n) is 7.46. The van der Waals surface area contributed by atoms with Crippen molar-refractivity contribution in [2.45, 2.75) is 33.2 Å². The van der Waals surface area contributed by atoms with Gasteiger partial charge in [-0.1, -0.05) is 20.3 Å². The maximum Gasteiger partial charge on any atom is 0.323 e. The van der Waals surface area contributed by atoms with Crippen LogP contribution in [0.5, 0.6) is 0 Å². The first-order valence-corrected chi connectivity index (χ1v) is 4.05. The topological polar surface area (TPSA) is 52.3 Å². The molecule has 0 saturated heterocycles. The lowest BCUT2D eigenvalue weighted by atomic mass is 10.0. The lowest BCUT2D eigenvalue weighted by molar-refractivity contribution is -0.145. The van der Waals surface area contributed by atoms with Gasteiger partial charge in [0.2, 0.25) is 0 Å². The fourth-order valence-corrected chi connectivity index (χ4v) is 0.725. The number of carbonyl (C=O) groups is 1. The second-order valence-corrected chi connectivity index (χ2v) is 2.66. The monoisotopic (exact) mass is 159 g/mol. The van der Waals surface area contributed by atoms with Crippen molar-refractivity contribution in [2.75, 3.05) is 6.61 Å². The Bertz CT molecular complexity index is 125. The van der Waals surface area contributed by atoms with Crippen molar-refractivity contribution in [3.8, 4) is 0 Å². The summed E-state index contributed by atoms with van der Waals surface area (Å²) in [5.74, 6) is -0.0871. The zero-order chi connectivity index (χ0) is 8.85. The summed E-state index contributed by atoms with van der Waals surface area (Å²) in [6, 6.07) is -0.458. The van der Waals surface area contributed by atoms with E-state index in [9.17, 15) is 4.79 Å². The van der Waals surface area contributed by atoms with Crippen molar-refractivity contribution in [2.24, 2.45) is 11.7 Å². The summed E-state index contributed by atoms with van der Waals surface area (Å²) in [5, 5.41) is 0. The zero-order valence-corrected chi connectivity index (χ0v) is 7.46. The van der Waals surface area contributed by atoms with Crippen molar-refractivity contribution < 1.29 is 9.53 Å². The van der Waals surface area contributed by atoms with Gasteiger partial charge in [-0.05, 0) is 12.8 Å². The maximum atomic E-state index is 11.0. The van der Waals surface area contributed by atoms with Gasteiger partial charge in [0.15, 0.2) is 0 Å². The van der Waals surface area contributed by atoms with E-state index in [1.54, 1.807) is 6.92 Å². The molecular weight excluding hydrogens is 142 g/mol. The molecule has 0 aromatic carbocycles. The molecule has 0 bridgehead atoms. The van der Waals surface area contributed by atoms with Gasteiger partial charge >= 0.3 is 5.97 Å². The van der Waals surface area contributed by atoms with E-state index in [1.165, 1.54) is 0 Å². The van der Waals surface area contributed by atoms with E-state index in [0.717, 1.165) is 6.42 Å². The standard InChI is InChI=1S/C8H17NO2/c1-4-6(3)7(9)8(10)11-5-2/h6-7H,4-5,9H2,1-3H3/t6-,7+/m0/s1. The van der Waals surface area contributed by atoms with Crippen molar-refractivity contribution >= 4 is 5.97 Å². The highest BCUT2D eigenvalue weighted by molar-refractivity contribution is 5.75. The summed E-state index contributed by atoms with van der Waals surface area (Å²) < 4.78 is 4.76. The van der Waals surface area contributed by atoms with Gasteiger partial charge in [0.25, 0.3) is 0 Å². The molecule has 2 N–H and O–H groups in total. The van der Waals surface area contributed by atoms with Crippen LogP contribution in [0.1, 0.15) is 27.2 Å². The van der Waals surface area contributed by atoms with Gasteiger partial charge in [-0.2, -0.15) is 0 Å². The molecule has 0 aliphatic rings. The number of esters is 1. The third kappa shape index (κ3) is 3.37. The summed E-state index contributed by atoms with van der Waals surface area (Å²) in [6.07, 6.45) is 0.903. The molecule has 0 amide bonds. The molecule has 0 aliphatic carbocycles.